The minimum atomic E-state index is -0.343. The number of aryl methyl sites for hydroxylation is 1. The normalized spacial score (nSPS) is 19.8. The summed E-state index contributed by atoms with van der Waals surface area (Å²) in [5.74, 6) is -0.260. The van der Waals surface area contributed by atoms with E-state index in [0.717, 1.165) is 23.7 Å². The van der Waals surface area contributed by atoms with Gasteiger partial charge in [-0.1, -0.05) is 40.9 Å². The van der Waals surface area contributed by atoms with Crippen molar-refractivity contribution in [3.05, 3.63) is 40.5 Å². The summed E-state index contributed by atoms with van der Waals surface area (Å²) in [5, 5.41) is 6.99. The molecule has 0 bridgehead atoms. The molecule has 1 N–H and O–H groups in total. The predicted octanol–water partition coefficient (Wildman–Crippen LogP) is 3.82. The van der Waals surface area contributed by atoms with Crippen LogP contribution in [-0.2, 0) is 11.8 Å². The minimum Gasteiger partial charge on any atom is -0.480 e. The molecule has 1 aromatic carbocycles. The van der Waals surface area contributed by atoms with Gasteiger partial charge in [0.2, 0.25) is 11.8 Å². The molecular formula is C19H22BrN3O3. The van der Waals surface area contributed by atoms with Crippen LogP contribution in [-0.4, -0.2) is 28.6 Å². The first kappa shape index (κ1) is 18.6. The Hall–Kier alpha value is -2.15. The highest BCUT2D eigenvalue weighted by atomic mass is 79.9. The molecule has 0 radical (unpaired) electrons. The number of halogens is 1. The maximum atomic E-state index is 13.0. The van der Waals surface area contributed by atoms with Crippen molar-refractivity contribution in [3.63, 3.8) is 0 Å². The average molecular weight is 420 g/mol. The fraction of sp³-hybridized carbons (Fsp3) is 0.421. The third kappa shape index (κ3) is 3.82. The Balaban J connectivity index is 1.78. The number of carbonyl (C=O) groups excluding carboxylic acids is 2. The van der Waals surface area contributed by atoms with Crippen molar-refractivity contribution in [2.24, 2.45) is 18.9 Å². The van der Waals surface area contributed by atoms with Crippen molar-refractivity contribution >= 4 is 33.3 Å². The van der Waals surface area contributed by atoms with Crippen LogP contribution in [0, 0.1) is 11.8 Å². The highest BCUT2D eigenvalue weighted by molar-refractivity contribution is 9.10. The van der Waals surface area contributed by atoms with Gasteiger partial charge in [0, 0.05) is 28.9 Å². The topological polar surface area (TPSA) is 73.2 Å². The Kier molecular flexibility index (Phi) is 5.76. The summed E-state index contributed by atoms with van der Waals surface area (Å²) < 4.78 is 7.76. The molecule has 1 fully saturated rings. The summed E-state index contributed by atoms with van der Waals surface area (Å²) >= 11 is 3.38. The van der Waals surface area contributed by atoms with E-state index in [4.69, 9.17) is 4.74 Å². The summed E-state index contributed by atoms with van der Waals surface area (Å²) in [4.78, 5) is 25.9. The van der Waals surface area contributed by atoms with Gasteiger partial charge in [-0.15, -0.1) is 0 Å². The van der Waals surface area contributed by atoms with Gasteiger partial charge in [-0.25, -0.2) is 4.68 Å². The lowest BCUT2D eigenvalue weighted by Gasteiger charge is -2.29. The number of aromatic nitrogens is 2. The van der Waals surface area contributed by atoms with Crippen LogP contribution in [0.25, 0.3) is 0 Å². The molecule has 1 aromatic heterocycles. The summed E-state index contributed by atoms with van der Waals surface area (Å²) in [7, 11) is 3.28. The first-order valence-corrected chi connectivity index (χ1v) is 9.47. The molecular weight excluding hydrogens is 398 g/mol. The highest BCUT2D eigenvalue weighted by Crippen LogP contribution is 2.34. The maximum absolute atomic E-state index is 13.0. The van der Waals surface area contributed by atoms with Crippen LogP contribution in [0.4, 0.5) is 5.69 Å². The van der Waals surface area contributed by atoms with Gasteiger partial charge in [-0.3, -0.25) is 9.59 Å². The molecule has 1 heterocycles. The van der Waals surface area contributed by atoms with E-state index in [1.165, 1.54) is 7.11 Å². The molecule has 1 aliphatic carbocycles. The molecule has 2 aromatic rings. The Morgan fingerprint density at radius 3 is 2.50 bits per heavy atom. The second kappa shape index (κ2) is 8.03. The smallest absolute Gasteiger partial charge is 0.235 e. The maximum Gasteiger partial charge on any atom is 0.235 e. The SMILES string of the molecule is COc1c(NC(=O)[C@H]2CCCC[C@@H]2C(=O)c2ccc(Br)cc2)cnn1C. The molecule has 0 aliphatic heterocycles. The molecule has 0 spiro atoms. The largest absolute Gasteiger partial charge is 0.480 e. The van der Waals surface area contributed by atoms with Crippen molar-refractivity contribution in [3.8, 4) is 5.88 Å². The number of ketones is 1. The van der Waals surface area contributed by atoms with E-state index in [0.29, 0.717) is 23.6 Å². The summed E-state index contributed by atoms with van der Waals surface area (Å²) in [5.41, 5.74) is 1.18. The second-order valence-corrected chi connectivity index (χ2v) is 7.46. The summed E-state index contributed by atoms with van der Waals surface area (Å²) in [6.45, 7) is 0. The van der Waals surface area contributed by atoms with Crippen molar-refractivity contribution in [1.29, 1.82) is 0 Å². The van der Waals surface area contributed by atoms with Gasteiger partial charge in [0.05, 0.1) is 13.3 Å². The van der Waals surface area contributed by atoms with Crippen molar-refractivity contribution in [1.82, 2.24) is 9.78 Å². The van der Waals surface area contributed by atoms with Gasteiger partial charge in [0.15, 0.2) is 5.78 Å². The molecule has 1 saturated carbocycles. The number of hydrogen-bond acceptors (Lipinski definition) is 4. The fourth-order valence-electron chi connectivity index (χ4n) is 3.57. The van der Waals surface area contributed by atoms with Crippen LogP contribution in [0.5, 0.6) is 5.88 Å². The molecule has 1 amide bonds. The Morgan fingerprint density at radius 1 is 1.19 bits per heavy atom. The summed E-state index contributed by atoms with van der Waals surface area (Å²) in [6, 6.07) is 7.32. The number of nitrogens with one attached hydrogen (secondary N) is 1. The zero-order chi connectivity index (χ0) is 18.7. The van der Waals surface area contributed by atoms with Gasteiger partial charge in [0.1, 0.15) is 5.69 Å². The van der Waals surface area contributed by atoms with Crippen LogP contribution >= 0.6 is 15.9 Å². The van der Waals surface area contributed by atoms with Crippen LogP contribution in [0.1, 0.15) is 36.0 Å². The van der Waals surface area contributed by atoms with E-state index in [9.17, 15) is 9.59 Å². The Bertz CT molecular complexity index is 801. The van der Waals surface area contributed by atoms with Crippen LogP contribution in [0.2, 0.25) is 0 Å². The molecule has 6 nitrogen and oxygen atoms in total. The number of nitrogens with zero attached hydrogens (tertiary/aromatic N) is 2. The molecule has 138 valence electrons. The van der Waals surface area contributed by atoms with Crippen LogP contribution in [0.3, 0.4) is 0 Å². The van der Waals surface area contributed by atoms with E-state index in [2.05, 4.69) is 26.3 Å². The molecule has 3 rings (SSSR count). The van der Waals surface area contributed by atoms with E-state index in [1.54, 1.807) is 30.1 Å². The third-order valence-electron chi connectivity index (χ3n) is 4.90. The van der Waals surface area contributed by atoms with E-state index >= 15 is 0 Å². The van der Waals surface area contributed by atoms with Gasteiger partial charge < -0.3 is 10.1 Å². The molecule has 26 heavy (non-hydrogen) atoms. The number of ether oxygens (including phenoxy) is 1. The quantitative estimate of drug-likeness (QED) is 0.747. The lowest BCUT2D eigenvalue weighted by molar-refractivity contribution is -0.122. The van der Waals surface area contributed by atoms with Crippen molar-refractivity contribution < 1.29 is 14.3 Å². The number of methoxy groups -OCH3 is 1. The first-order valence-electron chi connectivity index (χ1n) is 8.68. The first-order chi connectivity index (χ1) is 12.5. The van der Waals surface area contributed by atoms with Crippen LogP contribution < -0.4 is 10.1 Å². The Labute approximate surface area is 161 Å². The highest BCUT2D eigenvalue weighted by Gasteiger charge is 2.36. The standard InChI is InChI=1S/C19H22BrN3O3/c1-23-19(26-2)16(11-21-23)22-18(25)15-6-4-3-5-14(15)17(24)12-7-9-13(20)10-8-12/h7-11,14-15H,3-6H2,1-2H3,(H,22,25)/t14-,15-/m0/s1. The van der Waals surface area contributed by atoms with Gasteiger partial charge in [-0.2, -0.15) is 5.10 Å². The molecule has 7 heteroatoms. The Morgan fingerprint density at radius 2 is 1.85 bits per heavy atom. The minimum absolute atomic E-state index is 0.0375. The number of anilines is 1. The number of rotatable bonds is 5. The van der Waals surface area contributed by atoms with Gasteiger partial charge in [-0.05, 0) is 25.0 Å². The molecule has 0 saturated heterocycles. The van der Waals surface area contributed by atoms with E-state index in [1.807, 2.05) is 12.1 Å². The molecule has 1 aliphatic rings. The number of benzene rings is 1. The van der Waals surface area contributed by atoms with E-state index in [-0.39, 0.29) is 23.5 Å². The fourth-order valence-corrected chi connectivity index (χ4v) is 3.83. The van der Waals surface area contributed by atoms with Crippen LogP contribution in [0.15, 0.2) is 34.9 Å². The average Bonchev–Trinajstić information content (AvgIpc) is 3.01. The van der Waals surface area contributed by atoms with Crippen molar-refractivity contribution in [2.45, 2.75) is 25.7 Å². The van der Waals surface area contributed by atoms with E-state index < -0.39 is 0 Å². The number of amides is 1. The van der Waals surface area contributed by atoms with Crippen molar-refractivity contribution in [2.75, 3.05) is 12.4 Å². The zero-order valence-corrected chi connectivity index (χ0v) is 16.5. The lowest BCUT2D eigenvalue weighted by atomic mass is 9.75. The number of carbonyl (C=O) groups is 2. The second-order valence-electron chi connectivity index (χ2n) is 6.55. The predicted molar refractivity (Wildman–Crippen MR) is 102 cm³/mol. The number of Topliss-reactive ketones (excluding diaryl/α,β-unsaturated/α-hetero) is 1. The molecule has 2 atom stereocenters. The zero-order valence-electron chi connectivity index (χ0n) is 14.9. The molecule has 0 unspecified atom stereocenters. The van der Waals surface area contributed by atoms with Gasteiger partial charge >= 0.3 is 0 Å². The van der Waals surface area contributed by atoms with Gasteiger partial charge in [0.25, 0.3) is 0 Å². The third-order valence-corrected chi connectivity index (χ3v) is 5.43. The summed E-state index contributed by atoms with van der Waals surface area (Å²) in [6.07, 6.45) is 4.92. The monoisotopic (exact) mass is 419 g/mol. The number of hydrogen-bond donors (Lipinski definition) is 1. The lowest BCUT2D eigenvalue weighted by Crippen LogP contribution is -2.36.